The highest BCUT2D eigenvalue weighted by Crippen LogP contribution is 2.01. The van der Waals surface area contributed by atoms with Gasteiger partial charge in [-0.15, -0.1) is 0 Å². The molecule has 0 bridgehead atoms. The summed E-state index contributed by atoms with van der Waals surface area (Å²) < 4.78 is 0. The van der Waals surface area contributed by atoms with Gasteiger partial charge in [-0.05, 0) is 12.6 Å². The summed E-state index contributed by atoms with van der Waals surface area (Å²) in [7, 11) is 2.01. The van der Waals surface area contributed by atoms with Crippen molar-refractivity contribution in [2.24, 2.45) is 5.73 Å². The Morgan fingerprint density at radius 3 is 2.54 bits per heavy atom. The molecule has 0 aliphatic heterocycles. The van der Waals surface area contributed by atoms with Gasteiger partial charge >= 0.3 is 0 Å². The molecule has 2 nitrogen and oxygen atoms in total. The van der Waals surface area contributed by atoms with Crippen molar-refractivity contribution >= 4 is 17.2 Å². The van der Waals surface area contributed by atoms with Gasteiger partial charge in [0.15, 0.2) is 0 Å². The molecule has 2 N–H and O–H groups in total. The molecular weight excluding hydrogens is 180 g/mol. The van der Waals surface area contributed by atoms with Gasteiger partial charge < -0.3 is 5.73 Å². The molecule has 0 aliphatic carbocycles. The van der Waals surface area contributed by atoms with E-state index >= 15 is 0 Å². The highest BCUT2D eigenvalue weighted by Gasteiger charge is 1.99. The summed E-state index contributed by atoms with van der Waals surface area (Å²) >= 11 is 4.82. The number of thiocarbonyl (C=S) groups is 1. The Labute approximate surface area is 84.3 Å². The quantitative estimate of drug-likeness (QED) is 0.735. The predicted octanol–water partition coefficient (Wildman–Crippen LogP) is 1.40. The van der Waals surface area contributed by atoms with E-state index in [1.807, 2.05) is 25.2 Å². The van der Waals surface area contributed by atoms with Crippen LogP contribution in [0.25, 0.3) is 0 Å². The topological polar surface area (TPSA) is 29.3 Å². The van der Waals surface area contributed by atoms with Crippen LogP contribution in [0.5, 0.6) is 0 Å². The molecule has 0 aliphatic rings. The van der Waals surface area contributed by atoms with Crippen LogP contribution >= 0.6 is 12.2 Å². The van der Waals surface area contributed by atoms with Gasteiger partial charge in [-0.2, -0.15) is 0 Å². The van der Waals surface area contributed by atoms with Crippen molar-refractivity contribution in [3.63, 3.8) is 0 Å². The average Bonchev–Trinajstić information content (AvgIpc) is 2.04. The van der Waals surface area contributed by atoms with Crippen LogP contribution in [0.15, 0.2) is 30.3 Å². The molecular formula is C10H14N2S. The first-order valence-corrected chi connectivity index (χ1v) is 4.60. The van der Waals surface area contributed by atoms with Crippen molar-refractivity contribution in [1.82, 2.24) is 4.90 Å². The minimum atomic E-state index is 0.540. The zero-order chi connectivity index (χ0) is 9.68. The first kappa shape index (κ1) is 10.2. The standard InChI is InChI=1S/C10H14N2S/c1-12(8-10(11)13)7-9-5-3-2-4-6-9/h2-6H,7-8H2,1H3,(H2,11,13). The number of likely N-dealkylation sites (N-methyl/N-ethyl adjacent to an activating group) is 1. The SMILES string of the molecule is CN(CC(N)=S)Cc1ccccc1. The Hall–Kier alpha value is -0.930. The highest BCUT2D eigenvalue weighted by molar-refractivity contribution is 7.80. The van der Waals surface area contributed by atoms with E-state index in [-0.39, 0.29) is 0 Å². The van der Waals surface area contributed by atoms with Crippen molar-refractivity contribution in [2.45, 2.75) is 6.54 Å². The van der Waals surface area contributed by atoms with Crippen molar-refractivity contribution in [1.29, 1.82) is 0 Å². The minimum Gasteiger partial charge on any atom is -0.392 e. The lowest BCUT2D eigenvalue weighted by atomic mass is 10.2. The summed E-state index contributed by atoms with van der Waals surface area (Å²) in [6, 6.07) is 10.3. The molecule has 0 saturated heterocycles. The van der Waals surface area contributed by atoms with Crippen molar-refractivity contribution < 1.29 is 0 Å². The molecule has 0 amide bonds. The van der Waals surface area contributed by atoms with Gasteiger partial charge in [-0.3, -0.25) is 4.90 Å². The zero-order valence-electron chi connectivity index (χ0n) is 7.73. The Morgan fingerprint density at radius 2 is 2.00 bits per heavy atom. The fourth-order valence-electron chi connectivity index (χ4n) is 1.22. The first-order chi connectivity index (χ1) is 6.18. The van der Waals surface area contributed by atoms with Crippen LogP contribution in [0.3, 0.4) is 0 Å². The summed E-state index contributed by atoms with van der Waals surface area (Å²) in [5.41, 5.74) is 6.72. The van der Waals surface area contributed by atoms with E-state index in [4.69, 9.17) is 18.0 Å². The van der Waals surface area contributed by atoms with Crippen LogP contribution in [0.2, 0.25) is 0 Å². The molecule has 0 spiro atoms. The normalized spacial score (nSPS) is 10.3. The van der Waals surface area contributed by atoms with Gasteiger partial charge in [0, 0.05) is 13.1 Å². The lowest BCUT2D eigenvalue weighted by molar-refractivity contribution is 0.375. The van der Waals surface area contributed by atoms with Gasteiger partial charge in [0.25, 0.3) is 0 Å². The smallest absolute Gasteiger partial charge is 0.0870 e. The van der Waals surface area contributed by atoms with E-state index in [1.165, 1.54) is 5.56 Å². The van der Waals surface area contributed by atoms with Crippen molar-refractivity contribution in [3.8, 4) is 0 Å². The Kier molecular flexibility index (Phi) is 3.86. The maximum atomic E-state index is 5.44. The van der Waals surface area contributed by atoms with E-state index in [0.717, 1.165) is 6.54 Å². The molecule has 0 atom stereocenters. The second-order valence-corrected chi connectivity index (χ2v) is 3.65. The van der Waals surface area contributed by atoms with E-state index < -0.39 is 0 Å². The van der Waals surface area contributed by atoms with Crippen LogP contribution in [0, 0.1) is 0 Å². The van der Waals surface area contributed by atoms with Gasteiger partial charge in [0.1, 0.15) is 0 Å². The number of hydrogen-bond donors (Lipinski definition) is 1. The number of nitrogens with two attached hydrogens (primary N) is 1. The molecule has 1 aromatic rings. The predicted molar refractivity (Wildman–Crippen MR) is 59.6 cm³/mol. The summed E-state index contributed by atoms with van der Waals surface area (Å²) in [6.07, 6.45) is 0. The maximum Gasteiger partial charge on any atom is 0.0870 e. The highest BCUT2D eigenvalue weighted by atomic mass is 32.1. The molecule has 0 aromatic heterocycles. The fraction of sp³-hybridized carbons (Fsp3) is 0.300. The average molecular weight is 194 g/mol. The summed E-state index contributed by atoms with van der Waals surface area (Å²) in [6.45, 7) is 1.56. The molecule has 0 saturated carbocycles. The van der Waals surface area contributed by atoms with E-state index in [2.05, 4.69) is 17.0 Å². The third kappa shape index (κ3) is 4.01. The third-order valence-electron chi connectivity index (χ3n) is 1.72. The first-order valence-electron chi connectivity index (χ1n) is 4.19. The van der Waals surface area contributed by atoms with Crippen molar-refractivity contribution in [2.75, 3.05) is 13.6 Å². The third-order valence-corrected chi connectivity index (χ3v) is 1.85. The second kappa shape index (κ2) is 4.94. The van der Waals surface area contributed by atoms with Crippen LogP contribution in [0.4, 0.5) is 0 Å². The van der Waals surface area contributed by atoms with Gasteiger partial charge in [-0.25, -0.2) is 0 Å². The van der Waals surface area contributed by atoms with Gasteiger partial charge in [-0.1, -0.05) is 42.5 Å². The van der Waals surface area contributed by atoms with Crippen LogP contribution in [-0.2, 0) is 6.54 Å². The summed E-state index contributed by atoms with van der Waals surface area (Å²) in [5, 5.41) is 0. The maximum absolute atomic E-state index is 5.44. The molecule has 3 heteroatoms. The molecule has 0 radical (unpaired) electrons. The van der Waals surface area contributed by atoms with Crippen LogP contribution in [0.1, 0.15) is 5.56 Å². The van der Waals surface area contributed by atoms with E-state index in [0.29, 0.717) is 11.5 Å². The van der Waals surface area contributed by atoms with Crippen LogP contribution in [-0.4, -0.2) is 23.5 Å². The van der Waals surface area contributed by atoms with E-state index in [9.17, 15) is 0 Å². The van der Waals surface area contributed by atoms with E-state index in [1.54, 1.807) is 0 Å². The Balaban J connectivity index is 2.45. The lowest BCUT2D eigenvalue weighted by Gasteiger charge is -2.15. The number of nitrogens with zero attached hydrogens (tertiary/aromatic N) is 1. The molecule has 13 heavy (non-hydrogen) atoms. The Bertz CT molecular complexity index is 272. The number of hydrogen-bond acceptors (Lipinski definition) is 2. The number of rotatable bonds is 4. The molecule has 0 fully saturated rings. The lowest BCUT2D eigenvalue weighted by Crippen LogP contribution is -2.28. The molecule has 0 heterocycles. The van der Waals surface area contributed by atoms with Crippen LogP contribution < -0.4 is 5.73 Å². The van der Waals surface area contributed by atoms with Crippen molar-refractivity contribution in [3.05, 3.63) is 35.9 Å². The molecule has 1 rings (SSSR count). The minimum absolute atomic E-state index is 0.540. The Morgan fingerprint density at radius 1 is 1.38 bits per heavy atom. The van der Waals surface area contributed by atoms with Gasteiger partial charge in [0.05, 0.1) is 4.99 Å². The summed E-state index contributed by atoms with van der Waals surface area (Å²) in [4.78, 5) is 2.64. The summed E-state index contributed by atoms with van der Waals surface area (Å²) in [5.74, 6) is 0. The largest absolute Gasteiger partial charge is 0.392 e. The fourth-order valence-corrected chi connectivity index (χ4v) is 1.44. The molecule has 1 aromatic carbocycles. The second-order valence-electron chi connectivity index (χ2n) is 3.12. The molecule has 0 unspecified atom stereocenters. The van der Waals surface area contributed by atoms with Gasteiger partial charge in [0.2, 0.25) is 0 Å². The number of benzene rings is 1. The molecule has 70 valence electrons. The zero-order valence-corrected chi connectivity index (χ0v) is 8.55. The monoisotopic (exact) mass is 194 g/mol.